The number of hydrogen-bond donors (Lipinski definition) is 2. The molecular formula is C8H5F2N5O. The predicted molar refractivity (Wildman–Crippen MR) is 48.5 cm³/mol. The van der Waals surface area contributed by atoms with Crippen molar-refractivity contribution in [3.63, 3.8) is 0 Å². The van der Waals surface area contributed by atoms with Gasteiger partial charge in [0, 0.05) is 6.20 Å². The first-order chi connectivity index (χ1) is 7.68. The molecule has 2 rings (SSSR count). The number of nitrogens with one attached hydrogen (secondary N) is 2. The number of aromatic nitrogens is 4. The second-order valence-corrected chi connectivity index (χ2v) is 2.75. The van der Waals surface area contributed by atoms with Crippen molar-refractivity contribution < 1.29 is 13.6 Å². The van der Waals surface area contributed by atoms with Crippen molar-refractivity contribution in [2.45, 2.75) is 0 Å². The van der Waals surface area contributed by atoms with Crippen molar-refractivity contribution in [1.82, 2.24) is 20.2 Å². The third-order valence-corrected chi connectivity index (χ3v) is 1.74. The molecule has 16 heavy (non-hydrogen) atoms. The summed E-state index contributed by atoms with van der Waals surface area (Å²) in [5, 5.41) is 8.03. The van der Waals surface area contributed by atoms with E-state index in [0.29, 0.717) is 0 Å². The second kappa shape index (κ2) is 4.01. The normalized spacial score (nSPS) is 10.1. The Hall–Kier alpha value is -2.38. The summed E-state index contributed by atoms with van der Waals surface area (Å²) in [6, 6.07) is 1.06. The first-order valence-corrected chi connectivity index (χ1v) is 4.15. The second-order valence-electron chi connectivity index (χ2n) is 2.75. The maximum atomic E-state index is 13.1. The number of amides is 1. The van der Waals surface area contributed by atoms with Crippen LogP contribution in [0.4, 0.5) is 14.7 Å². The Morgan fingerprint density at radius 3 is 2.88 bits per heavy atom. The number of halogens is 2. The number of rotatable bonds is 2. The lowest BCUT2D eigenvalue weighted by Crippen LogP contribution is -2.15. The highest BCUT2D eigenvalue weighted by molar-refractivity contribution is 6.03. The number of aromatic amines is 1. The van der Waals surface area contributed by atoms with Gasteiger partial charge in [0.05, 0.1) is 5.56 Å². The SMILES string of the molecule is O=C(Nc1ncn[nH]1)c1ccnc(F)c1F. The van der Waals surface area contributed by atoms with Crippen LogP contribution in [0.3, 0.4) is 0 Å². The van der Waals surface area contributed by atoms with E-state index in [-0.39, 0.29) is 5.95 Å². The van der Waals surface area contributed by atoms with Crippen LogP contribution >= 0.6 is 0 Å². The summed E-state index contributed by atoms with van der Waals surface area (Å²) in [5.74, 6) is -3.43. The number of hydrogen-bond acceptors (Lipinski definition) is 4. The number of H-pyrrole nitrogens is 1. The lowest BCUT2D eigenvalue weighted by Gasteiger charge is -2.02. The van der Waals surface area contributed by atoms with Crippen molar-refractivity contribution in [1.29, 1.82) is 0 Å². The summed E-state index contributed by atoms with van der Waals surface area (Å²) < 4.78 is 25.9. The molecule has 0 aliphatic rings. The minimum absolute atomic E-state index is 0.0432. The molecule has 0 atom stereocenters. The van der Waals surface area contributed by atoms with Crippen molar-refractivity contribution in [3.05, 3.63) is 35.9 Å². The van der Waals surface area contributed by atoms with Gasteiger partial charge in [0.25, 0.3) is 5.91 Å². The highest BCUT2D eigenvalue weighted by Gasteiger charge is 2.16. The van der Waals surface area contributed by atoms with E-state index in [0.717, 1.165) is 12.3 Å². The Labute approximate surface area is 87.7 Å². The minimum atomic E-state index is -1.33. The average molecular weight is 225 g/mol. The van der Waals surface area contributed by atoms with Gasteiger partial charge in [0.1, 0.15) is 6.33 Å². The van der Waals surface area contributed by atoms with Gasteiger partial charge in [0.2, 0.25) is 11.9 Å². The zero-order chi connectivity index (χ0) is 11.5. The van der Waals surface area contributed by atoms with Crippen molar-refractivity contribution >= 4 is 11.9 Å². The average Bonchev–Trinajstić information content (AvgIpc) is 2.74. The molecule has 0 radical (unpaired) electrons. The first-order valence-electron chi connectivity index (χ1n) is 4.15. The number of nitrogens with zero attached hydrogens (tertiary/aromatic N) is 3. The molecule has 0 aliphatic carbocycles. The van der Waals surface area contributed by atoms with Gasteiger partial charge in [-0.15, -0.1) is 0 Å². The van der Waals surface area contributed by atoms with E-state index in [2.05, 4.69) is 25.5 Å². The maximum absolute atomic E-state index is 13.1. The van der Waals surface area contributed by atoms with E-state index in [1.807, 2.05) is 0 Å². The molecule has 8 heteroatoms. The molecule has 1 amide bonds. The fourth-order valence-corrected chi connectivity index (χ4v) is 1.03. The number of carbonyl (C=O) groups excluding carboxylic acids is 1. The molecule has 2 N–H and O–H groups in total. The summed E-state index contributed by atoms with van der Waals surface area (Å²) in [7, 11) is 0. The van der Waals surface area contributed by atoms with Crippen LogP contribution in [0.15, 0.2) is 18.6 Å². The van der Waals surface area contributed by atoms with Gasteiger partial charge >= 0.3 is 0 Å². The van der Waals surface area contributed by atoms with E-state index >= 15 is 0 Å². The highest BCUT2D eigenvalue weighted by Crippen LogP contribution is 2.10. The van der Waals surface area contributed by atoms with Crippen LogP contribution in [-0.2, 0) is 0 Å². The Balaban J connectivity index is 2.24. The molecule has 0 bridgehead atoms. The molecule has 2 aromatic heterocycles. The van der Waals surface area contributed by atoms with Gasteiger partial charge < -0.3 is 0 Å². The van der Waals surface area contributed by atoms with E-state index in [4.69, 9.17) is 0 Å². The maximum Gasteiger partial charge on any atom is 0.261 e. The molecule has 2 aromatic rings. The van der Waals surface area contributed by atoms with Crippen LogP contribution in [-0.4, -0.2) is 26.1 Å². The Morgan fingerprint density at radius 1 is 1.38 bits per heavy atom. The highest BCUT2D eigenvalue weighted by atomic mass is 19.2. The third kappa shape index (κ3) is 1.85. The van der Waals surface area contributed by atoms with Gasteiger partial charge in [-0.2, -0.15) is 14.5 Å². The molecular weight excluding hydrogens is 220 g/mol. The fraction of sp³-hybridized carbons (Fsp3) is 0. The van der Waals surface area contributed by atoms with Gasteiger partial charge in [-0.1, -0.05) is 0 Å². The molecule has 0 unspecified atom stereocenters. The van der Waals surface area contributed by atoms with Crippen LogP contribution in [0.5, 0.6) is 0 Å². The molecule has 0 fully saturated rings. The van der Waals surface area contributed by atoms with Crippen LogP contribution < -0.4 is 5.32 Å². The van der Waals surface area contributed by atoms with Crippen LogP contribution in [0, 0.1) is 11.8 Å². The standard InChI is InChI=1S/C8H5F2N5O/c9-5-4(1-2-11-6(5)10)7(16)14-8-12-3-13-15-8/h1-3H,(H2,12,13,14,15,16). The zero-order valence-corrected chi connectivity index (χ0v) is 7.74. The molecule has 82 valence electrons. The predicted octanol–water partition coefficient (Wildman–Crippen LogP) is 0.730. The van der Waals surface area contributed by atoms with E-state index in [1.165, 1.54) is 6.33 Å². The Kier molecular flexibility index (Phi) is 2.54. The van der Waals surface area contributed by atoms with E-state index in [1.54, 1.807) is 0 Å². The molecule has 0 spiro atoms. The van der Waals surface area contributed by atoms with Crippen molar-refractivity contribution in [3.8, 4) is 0 Å². The van der Waals surface area contributed by atoms with Gasteiger partial charge in [-0.3, -0.25) is 10.1 Å². The van der Waals surface area contributed by atoms with Crippen LogP contribution in [0.2, 0.25) is 0 Å². The molecule has 0 saturated carbocycles. The lowest BCUT2D eigenvalue weighted by atomic mass is 10.2. The topological polar surface area (TPSA) is 83.6 Å². The number of anilines is 1. The van der Waals surface area contributed by atoms with Crippen molar-refractivity contribution in [2.24, 2.45) is 0 Å². The molecule has 6 nitrogen and oxygen atoms in total. The van der Waals surface area contributed by atoms with Gasteiger partial charge in [0.15, 0.2) is 5.82 Å². The first kappa shape index (κ1) is 10.1. The smallest absolute Gasteiger partial charge is 0.261 e. The van der Waals surface area contributed by atoms with E-state index < -0.39 is 23.2 Å². The molecule has 0 aliphatic heterocycles. The fourth-order valence-electron chi connectivity index (χ4n) is 1.03. The largest absolute Gasteiger partial charge is 0.291 e. The molecule has 0 saturated heterocycles. The van der Waals surface area contributed by atoms with Crippen LogP contribution in [0.25, 0.3) is 0 Å². The third-order valence-electron chi connectivity index (χ3n) is 1.74. The monoisotopic (exact) mass is 225 g/mol. The van der Waals surface area contributed by atoms with E-state index in [9.17, 15) is 13.6 Å². The van der Waals surface area contributed by atoms with Gasteiger partial charge in [-0.25, -0.2) is 14.5 Å². The lowest BCUT2D eigenvalue weighted by molar-refractivity contribution is 0.102. The summed E-state index contributed by atoms with van der Waals surface area (Å²) in [6.07, 6.45) is 2.16. The molecule has 0 aromatic carbocycles. The summed E-state index contributed by atoms with van der Waals surface area (Å²) in [4.78, 5) is 18.1. The number of carbonyl (C=O) groups is 1. The molecule has 2 heterocycles. The number of pyridine rings is 1. The summed E-state index contributed by atoms with van der Waals surface area (Å²) >= 11 is 0. The van der Waals surface area contributed by atoms with Crippen LogP contribution in [0.1, 0.15) is 10.4 Å². The zero-order valence-electron chi connectivity index (χ0n) is 7.74. The Bertz CT molecular complexity index is 513. The quantitative estimate of drug-likeness (QED) is 0.738. The Morgan fingerprint density at radius 2 is 2.19 bits per heavy atom. The van der Waals surface area contributed by atoms with Gasteiger partial charge in [-0.05, 0) is 6.07 Å². The minimum Gasteiger partial charge on any atom is -0.291 e. The van der Waals surface area contributed by atoms with Crippen molar-refractivity contribution in [2.75, 3.05) is 5.32 Å². The summed E-state index contributed by atoms with van der Waals surface area (Å²) in [5.41, 5.74) is -0.455. The summed E-state index contributed by atoms with van der Waals surface area (Å²) in [6.45, 7) is 0.